The smallest absolute Gasteiger partial charge is 0.423 e. The van der Waals surface area contributed by atoms with E-state index in [1.165, 1.54) is 11.0 Å². The molecule has 1 heterocycles. The first-order chi connectivity index (χ1) is 19.8. The van der Waals surface area contributed by atoms with Crippen molar-refractivity contribution in [3.05, 3.63) is 58.9 Å². The number of nitrogens with one attached hydrogen (secondary N) is 2. The number of nitrogens with zero attached hydrogens (tertiary/aromatic N) is 1. The van der Waals surface area contributed by atoms with Crippen molar-refractivity contribution < 1.29 is 41.6 Å². The van der Waals surface area contributed by atoms with Gasteiger partial charge in [0, 0.05) is 39.0 Å². The molecule has 2 aromatic rings. The van der Waals surface area contributed by atoms with Gasteiger partial charge < -0.3 is 42.4 Å². The van der Waals surface area contributed by atoms with Crippen LogP contribution in [0.1, 0.15) is 29.5 Å². The van der Waals surface area contributed by atoms with Crippen molar-refractivity contribution in [3.63, 3.8) is 0 Å². The minimum Gasteiger partial charge on any atom is -0.423 e. The fraction of sp³-hybridized carbons (Fsp3) is 0.423. The summed E-state index contributed by atoms with van der Waals surface area (Å²) in [5.41, 5.74) is 16.8. The van der Waals surface area contributed by atoms with Crippen molar-refractivity contribution in [2.75, 3.05) is 31.5 Å². The first kappa shape index (κ1) is 32.9. The summed E-state index contributed by atoms with van der Waals surface area (Å²) in [6.07, 6.45) is -5.00. The van der Waals surface area contributed by atoms with Crippen molar-refractivity contribution in [2.24, 2.45) is 17.2 Å². The maximum atomic E-state index is 14.7. The molecule has 3 rings (SSSR count). The number of carbonyl (C=O) groups excluding carboxylic acids is 3. The minimum absolute atomic E-state index is 0.0209. The van der Waals surface area contributed by atoms with E-state index in [9.17, 15) is 37.0 Å². The molecule has 228 valence electrons. The zero-order valence-corrected chi connectivity index (χ0v) is 22.6. The van der Waals surface area contributed by atoms with Gasteiger partial charge in [0.25, 0.3) is 0 Å². The molecule has 11 nitrogen and oxygen atoms in total. The Morgan fingerprint density at radius 3 is 2.31 bits per heavy atom. The Balaban J connectivity index is 1.75. The third kappa shape index (κ3) is 8.72. The molecule has 42 heavy (non-hydrogen) atoms. The van der Waals surface area contributed by atoms with Crippen LogP contribution in [-0.4, -0.2) is 73.0 Å². The molecule has 3 amide bonds. The number of alkyl halides is 3. The molecule has 2 aromatic carbocycles. The molecule has 0 aliphatic carbocycles. The van der Waals surface area contributed by atoms with E-state index in [0.29, 0.717) is 5.56 Å². The second-order valence-electron chi connectivity index (χ2n) is 9.75. The fourth-order valence-electron chi connectivity index (χ4n) is 4.36. The summed E-state index contributed by atoms with van der Waals surface area (Å²) in [7, 11) is -1.31. The number of fused-ring (bicyclic) bond motifs is 1. The van der Waals surface area contributed by atoms with Crippen molar-refractivity contribution in [2.45, 2.75) is 44.1 Å². The summed E-state index contributed by atoms with van der Waals surface area (Å²) in [6.45, 7) is 0.968. The number of amides is 3. The van der Waals surface area contributed by atoms with Crippen LogP contribution in [0.15, 0.2) is 36.4 Å². The quantitative estimate of drug-likeness (QED) is 0.133. The standard InChI is InChI=1S/C26H33BF4N6O5/c28-19-13-18-16(14-42-27(18)41)12-21(19)35-25(40)22(11-15-1-3-17(4-2-15)26(29,30)31)36-24(39)20(34)5-6-23(38)37(9-7-32)10-8-33/h1-4,12-13,20,22,41H,5-11,14,32-34H2,(H,35,40)(H,36,39). The Hall–Kier alpha value is -3.57. The molecule has 0 saturated carbocycles. The van der Waals surface area contributed by atoms with E-state index >= 15 is 0 Å². The van der Waals surface area contributed by atoms with Gasteiger partial charge in [-0.05, 0) is 47.3 Å². The largest absolute Gasteiger partial charge is 0.491 e. The van der Waals surface area contributed by atoms with Gasteiger partial charge >= 0.3 is 13.3 Å². The summed E-state index contributed by atoms with van der Waals surface area (Å²) in [6, 6.07) is 3.69. The van der Waals surface area contributed by atoms with Gasteiger partial charge in [-0.3, -0.25) is 14.4 Å². The zero-order chi connectivity index (χ0) is 31.0. The molecule has 16 heteroatoms. The molecule has 2 atom stereocenters. The molecule has 1 aliphatic heterocycles. The van der Waals surface area contributed by atoms with Crippen LogP contribution in [0.5, 0.6) is 0 Å². The average molecular weight is 596 g/mol. The van der Waals surface area contributed by atoms with Crippen molar-refractivity contribution in [1.29, 1.82) is 0 Å². The van der Waals surface area contributed by atoms with Gasteiger partial charge in [-0.1, -0.05) is 12.1 Å². The predicted octanol–water partition coefficient (Wildman–Crippen LogP) is -0.418. The molecule has 0 radical (unpaired) electrons. The number of benzene rings is 2. The predicted molar refractivity (Wildman–Crippen MR) is 146 cm³/mol. The molecule has 0 aromatic heterocycles. The second-order valence-corrected chi connectivity index (χ2v) is 9.75. The number of hydrogen-bond donors (Lipinski definition) is 6. The first-order valence-corrected chi connectivity index (χ1v) is 13.2. The van der Waals surface area contributed by atoms with E-state index in [1.807, 2.05) is 0 Å². The normalized spacial score (nSPS) is 14.2. The second kappa shape index (κ2) is 14.6. The Labute approximate surface area is 239 Å². The lowest BCUT2D eigenvalue weighted by Crippen LogP contribution is -2.51. The number of halogens is 4. The highest BCUT2D eigenvalue weighted by Gasteiger charge is 2.32. The molecule has 0 bridgehead atoms. The topological polar surface area (TPSA) is 186 Å². The molecular weight excluding hydrogens is 563 g/mol. The molecule has 2 unspecified atom stereocenters. The lowest BCUT2D eigenvalue weighted by molar-refractivity contribution is -0.137. The van der Waals surface area contributed by atoms with E-state index in [0.717, 1.165) is 30.3 Å². The number of rotatable bonds is 13. The van der Waals surface area contributed by atoms with Crippen LogP contribution in [-0.2, 0) is 38.2 Å². The van der Waals surface area contributed by atoms with Crippen LogP contribution in [0, 0.1) is 5.82 Å². The van der Waals surface area contributed by atoms with Crippen LogP contribution >= 0.6 is 0 Å². The number of hydrogen-bond acceptors (Lipinski definition) is 8. The third-order valence-corrected chi connectivity index (χ3v) is 6.66. The monoisotopic (exact) mass is 596 g/mol. The van der Waals surface area contributed by atoms with Crippen LogP contribution in [0.2, 0.25) is 0 Å². The molecule has 9 N–H and O–H groups in total. The van der Waals surface area contributed by atoms with E-state index < -0.39 is 48.6 Å². The lowest BCUT2D eigenvalue weighted by atomic mass is 9.79. The number of carbonyl (C=O) groups is 3. The number of anilines is 1. The summed E-state index contributed by atoms with van der Waals surface area (Å²) in [5.74, 6) is -2.86. The first-order valence-electron chi connectivity index (χ1n) is 13.2. The Bertz CT molecular complexity index is 1260. The van der Waals surface area contributed by atoms with E-state index in [1.54, 1.807) is 0 Å². The maximum absolute atomic E-state index is 14.7. The molecular formula is C26H33BF4N6O5. The van der Waals surface area contributed by atoms with Gasteiger partial charge in [-0.25, -0.2) is 4.39 Å². The minimum atomic E-state index is -4.57. The summed E-state index contributed by atoms with van der Waals surface area (Å²) in [5, 5.41) is 14.6. The highest BCUT2D eigenvalue weighted by atomic mass is 19.4. The van der Waals surface area contributed by atoms with Gasteiger partial charge in [0.05, 0.1) is 23.9 Å². The van der Waals surface area contributed by atoms with Gasteiger partial charge in [0.15, 0.2) is 0 Å². The summed E-state index contributed by atoms with van der Waals surface area (Å²) in [4.78, 5) is 40.1. The zero-order valence-electron chi connectivity index (χ0n) is 22.6. The Kier molecular flexibility index (Phi) is 11.4. The van der Waals surface area contributed by atoms with Gasteiger partial charge in [0.1, 0.15) is 11.9 Å². The molecule has 1 aliphatic rings. The average Bonchev–Trinajstić information content (AvgIpc) is 3.29. The van der Waals surface area contributed by atoms with Crippen molar-refractivity contribution in [1.82, 2.24) is 10.2 Å². The summed E-state index contributed by atoms with van der Waals surface area (Å²) < 4.78 is 58.8. The van der Waals surface area contributed by atoms with Gasteiger partial charge in [-0.15, -0.1) is 0 Å². The van der Waals surface area contributed by atoms with Crippen molar-refractivity contribution in [3.8, 4) is 0 Å². The van der Waals surface area contributed by atoms with Crippen LogP contribution < -0.4 is 33.3 Å². The van der Waals surface area contributed by atoms with Crippen molar-refractivity contribution >= 4 is 36.0 Å². The van der Waals surface area contributed by atoms with E-state index in [-0.39, 0.29) is 74.7 Å². The Morgan fingerprint density at radius 2 is 1.71 bits per heavy atom. The van der Waals surface area contributed by atoms with Crippen LogP contribution in [0.25, 0.3) is 0 Å². The van der Waals surface area contributed by atoms with E-state index in [4.69, 9.17) is 21.9 Å². The Morgan fingerprint density at radius 1 is 1.07 bits per heavy atom. The SMILES string of the molecule is NCCN(CCN)C(=O)CCC(N)C(=O)NC(Cc1ccc(C(F)(F)F)cc1)C(=O)Nc1cc2c(cc1F)B(O)OC2. The van der Waals surface area contributed by atoms with Gasteiger partial charge in [0.2, 0.25) is 17.7 Å². The molecule has 0 saturated heterocycles. The van der Waals surface area contributed by atoms with E-state index in [2.05, 4.69) is 10.6 Å². The van der Waals surface area contributed by atoms with Crippen LogP contribution in [0.4, 0.5) is 23.2 Å². The fourth-order valence-corrected chi connectivity index (χ4v) is 4.36. The lowest BCUT2D eigenvalue weighted by Gasteiger charge is -2.23. The van der Waals surface area contributed by atoms with Crippen LogP contribution in [0.3, 0.4) is 0 Å². The highest BCUT2D eigenvalue weighted by molar-refractivity contribution is 6.61. The third-order valence-electron chi connectivity index (χ3n) is 6.66. The van der Waals surface area contributed by atoms with Gasteiger partial charge in [-0.2, -0.15) is 13.2 Å². The highest BCUT2D eigenvalue weighted by Crippen LogP contribution is 2.29. The molecule has 0 spiro atoms. The summed E-state index contributed by atoms with van der Waals surface area (Å²) >= 11 is 0. The maximum Gasteiger partial charge on any atom is 0.491 e. The number of nitrogens with two attached hydrogens (primary N) is 3. The molecule has 0 fully saturated rings.